The maximum atomic E-state index is 12.7. The van der Waals surface area contributed by atoms with E-state index in [1.807, 2.05) is 43.3 Å². The highest BCUT2D eigenvalue weighted by atomic mass is 16.3. The smallest absolute Gasteiger partial charge is 0.252 e. The van der Waals surface area contributed by atoms with Crippen LogP contribution in [0.3, 0.4) is 0 Å². The van der Waals surface area contributed by atoms with Gasteiger partial charge >= 0.3 is 0 Å². The highest BCUT2D eigenvalue weighted by Crippen LogP contribution is 2.47. The van der Waals surface area contributed by atoms with Gasteiger partial charge in [0.1, 0.15) is 11.2 Å². The molecule has 0 saturated carbocycles. The molecule has 0 fully saturated rings. The number of benzene rings is 1. The molecule has 1 aliphatic carbocycles. The van der Waals surface area contributed by atoms with Crippen LogP contribution in [-0.4, -0.2) is 38.6 Å². The molecule has 2 N–H and O–H groups in total. The molecule has 7 nitrogen and oxygen atoms in total. The van der Waals surface area contributed by atoms with Crippen molar-refractivity contribution in [3.63, 3.8) is 0 Å². The first-order chi connectivity index (χ1) is 15.3. The molecule has 7 heteroatoms. The average Bonchev–Trinajstić information content (AvgIpc) is 3.25. The SMILES string of the molecule is C=N/C(=N\C=C(/C)c1ccc2nc3c(n2c1)[C@H]1CC3NC(=O)c2ccccc21)C(C)(C)O. The van der Waals surface area contributed by atoms with E-state index < -0.39 is 5.60 Å². The average molecular weight is 428 g/mol. The molecule has 32 heavy (non-hydrogen) atoms. The van der Waals surface area contributed by atoms with E-state index in [1.165, 1.54) is 0 Å². The predicted octanol–water partition coefficient (Wildman–Crippen LogP) is 3.89. The lowest BCUT2D eigenvalue weighted by Gasteiger charge is -2.16. The van der Waals surface area contributed by atoms with Gasteiger partial charge in [-0.15, -0.1) is 0 Å². The number of pyridine rings is 1. The first kappa shape index (κ1) is 20.3. The molecule has 162 valence electrons. The van der Waals surface area contributed by atoms with Crippen LogP contribution in [0.5, 0.6) is 0 Å². The Morgan fingerprint density at radius 3 is 2.84 bits per heavy atom. The number of nitrogens with zero attached hydrogens (tertiary/aromatic N) is 4. The van der Waals surface area contributed by atoms with Gasteiger partial charge in [-0.3, -0.25) is 4.79 Å². The number of imidazole rings is 1. The summed E-state index contributed by atoms with van der Waals surface area (Å²) in [5.74, 6) is 0.329. The summed E-state index contributed by atoms with van der Waals surface area (Å²) in [7, 11) is 0. The predicted molar refractivity (Wildman–Crippen MR) is 125 cm³/mol. The van der Waals surface area contributed by atoms with Crippen molar-refractivity contribution in [2.45, 2.75) is 44.8 Å². The van der Waals surface area contributed by atoms with E-state index in [2.05, 4.69) is 32.6 Å². The minimum atomic E-state index is -1.17. The minimum Gasteiger partial charge on any atom is -0.382 e. The summed E-state index contributed by atoms with van der Waals surface area (Å²) in [4.78, 5) is 25.7. The second-order valence-electron chi connectivity index (χ2n) is 8.91. The van der Waals surface area contributed by atoms with Crippen molar-refractivity contribution < 1.29 is 9.90 Å². The van der Waals surface area contributed by atoms with E-state index in [4.69, 9.17) is 4.98 Å². The molecule has 0 spiro atoms. The van der Waals surface area contributed by atoms with E-state index in [0.717, 1.165) is 45.7 Å². The molecule has 1 aliphatic heterocycles. The van der Waals surface area contributed by atoms with Crippen molar-refractivity contribution >= 4 is 29.7 Å². The topological polar surface area (TPSA) is 91.4 Å². The van der Waals surface area contributed by atoms with Crippen LogP contribution in [0.4, 0.5) is 0 Å². The van der Waals surface area contributed by atoms with Crippen molar-refractivity contribution in [3.8, 4) is 0 Å². The second-order valence-corrected chi connectivity index (χ2v) is 8.91. The monoisotopic (exact) mass is 427 g/mol. The Labute approximate surface area is 186 Å². The molecule has 2 bridgehead atoms. The molecule has 2 aliphatic rings. The zero-order chi connectivity index (χ0) is 22.6. The number of aliphatic imine (C=N–C) groups is 2. The Balaban J connectivity index is 1.61. The molecule has 0 saturated heterocycles. The van der Waals surface area contributed by atoms with E-state index >= 15 is 0 Å². The number of fused-ring (bicyclic) bond motifs is 9. The molecular formula is C25H25N5O2. The number of nitrogens with one attached hydrogen (secondary N) is 1. The van der Waals surface area contributed by atoms with Gasteiger partial charge in [-0.25, -0.2) is 15.0 Å². The summed E-state index contributed by atoms with van der Waals surface area (Å²) in [5.41, 5.74) is 5.43. The number of amidine groups is 1. The van der Waals surface area contributed by atoms with E-state index in [0.29, 0.717) is 0 Å². The van der Waals surface area contributed by atoms with Gasteiger partial charge in [0.2, 0.25) is 0 Å². The molecule has 1 aromatic carbocycles. The summed E-state index contributed by atoms with van der Waals surface area (Å²) >= 11 is 0. The Morgan fingerprint density at radius 2 is 2.09 bits per heavy atom. The largest absolute Gasteiger partial charge is 0.382 e. The third kappa shape index (κ3) is 3.17. The Hall–Kier alpha value is -3.58. The van der Waals surface area contributed by atoms with Crippen molar-refractivity contribution in [1.29, 1.82) is 0 Å². The van der Waals surface area contributed by atoms with Crippen molar-refractivity contribution in [2.24, 2.45) is 9.98 Å². The Morgan fingerprint density at radius 1 is 1.31 bits per heavy atom. The van der Waals surface area contributed by atoms with Crippen LogP contribution >= 0.6 is 0 Å². The maximum absolute atomic E-state index is 12.7. The standard InChI is InChI=1S/C25H25N5O2/c1-14(12-27-24(26-4)25(2,3)32)15-9-10-20-29-21-19-11-18(22(21)30(20)13-15)16-7-5-6-8-17(16)23(31)28-19/h5-10,12-13,18-19,32H,4,11H2,1-3H3,(H,28,31)/b14-12+,27-24-/t18-,19?/m0/s1. The van der Waals surface area contributed by atoms with Crippen molar-refractivity contribution in [2.75, 3.05) is 0 Å². The number of hydrogen-bond acceptors (Lipinski definition) is 4. The van der Waals surface area contributed by atoms with Crippen LogP contribution in [0.1, 0.15) is 72.0 Å². The third-order valence-electron chi connectivity index (χ3n) is 6.23. The molecule has 0 radical (unpaired) electrons. The second kappa shape index (κ2) is 7.24. The number of allylic oxidation sites excluding steroid dienone is 1. The van der Waals surface area contributed by atoms with E-state index in [-0.39, 0.29) is 23.7 Å². The van der Waals surface area contributed by atoms with Crippen molar-refractivity contribution in [1.82, 2.24) is 14.7 Å². The quantitative estimate of drug-likeness (QED) is 0.491. The van der Waals surface area contributed by atoms with Crippen LogP contribution in [0.15, 0.2) is 58.8 Å². The fourth-order valence-electron chi connectivity index (χ4n) is 4.65. The molecule has 3 aromatic rings. The Bertz CT molecular complexity index is 1330. The fourth-order valence-corrected chi connectivity index (χ4v) is 4.65. The Kier molecular flexibility index (Phi) is 4.60. The molecule has 1 amide bonds. The van der Waals surface area contributed by atoms with Gasteiger partial charge in [0.25, 0.3) is 5.91 Å². The zero-order valence-corrected chi connectivity index (χ0v) is 18.3. The highest BCUT2D eigenvalue weighted by Gasteiger charge is 2.41. The lowest BCUT2D eigenvalue weighted by molar-refractivity contribution is 0.0939. The van der Waals surface area contributed by atoms with Crippen LogP contribution in [0.25, 0.3) is 11.2 Å². The first-order valence-corrected chi connectivity index (χ1v) is 10.6. The normalized spacial score (nSPS) is 20.6. The lowest BCUT2D eigenvalue weighted by atomic mass is 9.92. The summed E-state index contributed by atoms with van der Waals surface area (Å²) in [5, 5.41) is 13.3. The number of aromatic nitrogens is 2. The zero-order valence-electron chi connectivity index (χ0n) is 18.3. The maximum Gasteiger partial charge on any atom is 0.252 e. The van der Waals surface area contributed by atoms with Gasteiger partial charge < -0.3 is 14.8 Å². The van der Waals surface area contributed by atoms with Gasteiger partial charge in [0.05, 0.1) is 17.4 Å². The van der Waals surface area contributed by atoms with Gasteiger partial charge in [-0.1, -0.05) is 18.2 Å². The van der Waals surface area contributed by atoms with Gasteiger partial charge in [0, 0.05) is 23.9 Å². The highest BCUT2D eigenvalue weighted by molar-refractivity contribution is 5.97. The van der Waals surface area contributed by atoms with Gasteiger partial charge in [-0.2, -0.15) is 0 Å². The van der Waals surface area contributed by atoms with Crippen LogP contribution in [0.2, 0.25) is 0 Å². The number of amides is 1. The van der Waals surface area contributed by atoms with Gasteiger partial charge in [-0.05, 0) is 68.8 Å². The summed E-state index contributed by atoms with van der Waals surface area (Å²) in [6, 6.07) is 11.7. The number of aliphatic hydroxyl groups is 1. The molecule has 2 atom stereocenters. The van der Waals surface area contributed by atoms with Crippen LogP contribution in [-0.2, 0) is 0 Å². The summed E-state index contributed by atoms with van der Waals surface area (Å²) in [6.07, 6.45) is 4.57. The van der Waals surface area contributed by atoms with Gasteiger partial charge in [0.15, 0.2) is 5.84 Å². The van der Waals surface area contributed by atoms with Crippen LogP contribution in [0, 0.1) is 0 Å². The first-order valence-electron chi connectivity index (χ1n) is 10.6. The molecule has 2 aromatic heterocycles. The van der Waals surface area contributed by atoms with E-state index in [9.17, 15) is 9.90 Å². The summed E-state index contributed by atoms with van der Waals surface area (Å²) < 4.78 is 2.13. The molecule has 1 unspecified atom stereocenters. The minimum absolute atomic E-state index is 0.0356. The fraction of sp³-hybridized carbons (Fsp3) is 0.280. The summed E-state index contributed by atoms with van der Waals surface area (Å²) in [6.45, 7) is 8.72. The molecule has 5 rings (SSSR count). The number of rotatable bonds is 3. The van der Waals surface area contributed by atoms with Crippen molar-refractivity contribution in [3.05, 3.63) is 76.9 Å². The molecule has 3 heterocycles. The molecular weight excluding hydrogens is 402 g/mol. The lowest BCUT2D eigenvalue weighted by Crippen LogP contribution is -2.29. The number of carbonyl (C=O) groups excluding carboxylic acids is 1. The third-order valence-corrected chi connectivity index (χ3v) is 6.23. The number of carbonyl (C=O) groups is 1. The van der Waals surface area contributed by atoms with E-state index in [1.54, 1.807) is 20.0 Å². The van der Waals surface area contributed by atoms with Crippen LogP contribution < -0.4 is 5.32 Å². The number of hydrogen-bond donors (Lipinski definition) is 2.